The number of nitrogens with one attached hydrogen (secondary N) is 2. The van der Waals surface area contributed by atoms with Crippen molar-refractivity contribution >= 4 is 11.6 Å². The zero-order valence-corrected chi connectivity index (χ0v) is 11.5. The summed E-state index contributed by atoms with van der Waals surface area (Å²) in [5, 5.41) is 3.25. The molecule has 0 saturated heterocycles. The van der Waals surface area contributed by atoms with Gasteiger partial charge in [-0.25, -0.2) is 15.8 Å². The minimum absolute atomic E-state index is 0.509. The van der Waals surface area contributed by atoms with Crippen molar-refractivity contribution in [2.24, 2.45) is 5.84 Å². The second kappa shape index (κ2) is 7.25. The van der Waals surface area contributed by atoms with Gasteiger partial charge in [0.15, 0.2) is 0 Å². The van der Waals surface area contributed by atoms with Crippen LogP contribution in [0.4, 0.5) is 11.6 Å². The minimum atomic E-state index is 0.509. The molecular formula is C13H23N5O. The van der Waals surface area contributed by atoms with E-state index in [1.165, 1.54) is 12.8 Å². The molecule has 0 aliphatic heterocycles. The Bertz CT molecular complexity index is 395. The number of hydrazine groups is 1. The number of nitrogens with two attached hydrogens (primary N) is 1. The molecule has 4 N–H and O–H groups in total. The van der Waals surface area contributed by atoms with Crippen LogP contribution in [0.15, 0.2) is 6.07 Å². The molecule has 1 aliphatic carbocycles. The molecule has 1 aliphatic rings. The van der Waals surface area contributed by atoms with Crippen LogP contribution >= 0.6 is 0 Å². The van der Waals surface area contributed by atoms with Crippen molar-refractivity contribution in [1.82, 2.24) is 9.97 Å². The van der Waals surface area contributed by atoms with Crippen molar-refractivity contribution in [2.75, 3.05) is 30.5 Å². The number of ether oxygens (including phenoxy) is 1. The Morgan fingerprint density at radius 3 is 2.79 bits per heavy atom. The van der Waals surface area contributed by atoms with Crippen molar-refractivity contribution in [2.45, 2.75) is 38.5 Å². The van der Waals surface area contributed by atoms with Crippen molar-refractivity contribution in [1.29, 1.82) is 0 Å². The van der Waals surface area contributed by atoms with Gasteiger partial charge >= 0.3 is 0 Å². The van der Waals surface area contributed by atoms with Crippen LogP contribution in [0.1, 0.15) is 44.3 Å². The van der Waals surface area contributed by atoms with E-state index in [4.69, 9.17) is 10.6 Å². The summed E-state index contributed by atoms with van der Waals surface area (Å²) in [6, 6.07) is 1.82. The maximum atomic E-state index is 5.50. The predicted molar refractivity (Wildman–Crippen MR) is 76.0 cm³/mol. The lowest BCUT2D eigenvalue weighted by atomic mass is 10.3. The Morgan fingerprint density at radius 1 is 1.32 bits per heavy atom. The van der Waals surface area contributed by atoms with E-state index in [2.05, 4.69) is 27.6 Å². The highest BCUT2D eigenvalue weighted by atomic mass is 16.5. The number of nitrogen functional groups attached to an aromatic ring is 1. The molecule has 0 aromatic carbocycles. The second-order valence-corrected chi connectivity index (χ2v) is 4.81. The largest absolute Gasteiger partial charge is 0.380 e. The van der Waals surface area contributed by atoms with Gasteiger partial charge in [-0.15, -0.1) is 0 Å². The fraction of sp³-hybridized carbons (Fsp3) is 0.692. The molecule has 6 heteroatoms. The van der Waals surface area contributed by atoms with Gasteiger partial charge in [0.2, 0.25) is 0 Å². The van der Waals surface area contributed by atoms with Crippen LogP contribution in [0.25, 0.3) is 0 Å². The minimum Gasteiger partial charge on any atom is -0.380 e. The Hall–Kier alpha value is -1.40. The van der Waals surface area contributed by atoms with Gasteiger partial charge in [-0.3, -0.25) is 0 Å². The van der Waals surface area contributed by atoms with Gasteiger partial charge in [-0.05, 0) is 19.3 Å². The Morgan fingerprint density at radius 2 is 2.11 bits per heavy atom. The lowest BCUT2D eigenvalue weighted by Crippen LogP contribution is -2.14. The molecule has 0 unspecified atom stereocenters. The number of nitrogens with zero attached hydrogens (tertiary/aromatic N) is 2. The highest BCUT2D eigenvalue weighted by Gasteiger charge is 2.27. The number of unbranched alkanes of at least 4 members (excludes halogenated alkanes) is 1. The fourth-order valence-electron chi connectivity index (χ4n) is 1.75. The zero-order chi connectivity index (χ0) is 13.5. The second-order valence-electron chi connectivity index (χ2n) is 4.81. The molecule has 0 radical (unpaired) electrons. The van der Waals surface area contributed by atoms with Crippen LogP contribution in [0.5, 0.6) is 0 Å². The summed E-state index contributed by atoms with van der Waals surface area (Å²) in [6.07, 6.45) is 4.62. The third kappa shape index (κ3) is 4.65. The van der Waals surface area contributed by atoms with E-state index in [1.54, 1.807) is 0 Å². The van der Waals surface area contributed by atoms with Crippen LogP contribution in [-0.4, -0.2) is 29.7 Å². The molecule has 0 bridgehead atoms. The third-order valence-corrected chi connectivity index (χ3v) is 3.03. The van der Waals surface area contributed by atoms with E-state index in [9.17, 15) is 0 Å². The highest BCUT2D eigenvalue weighted by molar-refractivity contribution is 5.47. The van der Waals surface area contributed by atoms with E-state index in [-0.39, 0.29) is 0 Å². The molecule has 1 saturated carbocycles. The average Bonchev–Trinajstić information content (AvgIpc) is 3.27. The van der Waals surface area contributed by atoms with Crippen molar-refractivity contribution in [3.8, 4) is 0 Å². The maximum Gasteiger partial charge on any atom is 0.145 e. The third-order valence-electron chi connectivity index (χ3n) is 3.03. The summed E-state index contributed by atoms with van der Waals surface area (Å²) in [4.78, 5) is 8.87. The number of hydrogen-bond acceptors (Lipinski definition) is 6. The zero-order valence-electron chi connectivity index (χ0n) is 11.5. The van der Waals surface area contributed by atoms with Gasteiger partial charge in [-0.2, -0.15) is 0 Å². The maximum absolute atomic E-state index is 5.50. The normalized spacial score (nSPS) is 14.4. The Labute approximate surface area is 114 Å². The summed E-state index contributed by atoms with van der Waals surface area (Å²) in [6.45, 7) is 4.41. The SMILES string of the molecule is CCCCOCCNc1cc(NN)nc(C2CC2)n1. The smallest absolute Gasteiger partial charge is 0.145 e. The molecule has 1 aromatic rings. The van der Waals surface area contributed by atoms with Crippen LogP contribution in [0.2, 0.25) is 0 Å². The average molecular weight is 265 g/mol. The predicted octanol–water partition coefficient (Wildman–Crippen LogP) is 1.87. The van der Waals surface area contributed by atoms with Gasteiger partial charge < -0.3 is 15.5 Å². The number of hydrogen-bond donors (Lipinski definition) is 3. The van der Waals surface area contributed by atoms with E-state index >= 15 is 0 Å². The molecule has 0 amide bonds. The molecule has 106 valence electrons. The van der Waals surface area contributed by atoms with E-state index in [1.807, 2.05) is 6.07 Å². The first-order valence-electron chi connectivity index (χ1n) is 7.00. The first kappa shape index (κ1) is 14.0. The highest BCUT2D eigenvalue weighted by Crippen LogP contribution is 2.38. The van der Waals surface area contributed by atoms with Crippen molar-refractivity contribution in [3.05, 3.63) is 11.9 Å². The van der Waals surface area contributed by atoms with Gasteiger partial charge in [0, 0.05) is 25.1 Å². The molecule has 1 heterocycles. The summed E-state index contributed by atoms with van der Waals surface area (Å²) >= 11 is 0. The van der Waals surface area contributed by atoms with Crippen molar-refractivity contribution in [3.63, 3.8) is 0 Å². The van der Waals surface area contributed by atoms with Gasteiger partial charge in [0.1, 0.15) is 17.5 Å². The number of anilines is 2. The monoisotopic (exact) mass is 265 g/mol. The quantitative estimate of drug-likeness (QED) is 0.359. The molecule has 0 atom stereocenters. The van der Waals surface area contributed by atoms with E-state index in [0.717, 1.165) is 37.6 Å². The first-order valence-corrected chi connectivity index (χ1v) is 7.00. The van der Waals surface area contributed by atoms with Gasteiger partial charge in [0.25, 0.3) is 0 Å². The van der Waals surface area contributed by atoms with Crippen LogP contribution in [0.3, 0.4) is 0 Å². The summed E-state index contributed by atoms with van der Waals surface area (Å²) < 4.78 is 5.50. The van der Waals surface area contributed by atoms with E-state index in [0.29, 0.717) is 18.3 Å². The molecule has 1 aromatic heterocycles. The summed E-state index contributed by atoms with van der Waals surface area (Å²) in [5.41, 5.74) is 2.59. The first-order chi connectivity index (χ1) is 9.33. The summed E-state index contributed by atoms with van der Waals surface area (Å²) in [7, 11) is 0. The fourth-order valence-corrected chi connectivity index (χ4v) is 1.75. The molecular weight excluding hydrogens is 242 g/mol. The number of rotatable bonds is 9. The molecule has 0 spiro atoms. The Kier molecular flexibility index (Phi) is 5.35. The van der Waals surface area contributed by atoms with E-state index < -0.39 is 0 Å². The van der Waals surface area contributed by atoms with Gasteiger partial charge in [0.05, 0.1) is 6.61 Å². The van der Waals surface area contributed by atoms with Crippen LogP contribution < -0.4 is 16.6 Å². The lowest BCUT2D eigenvalue weighted by Gasteiger charge is -2.09. The lowest BCUT2D eigenvalue weighted by molar-refractivity contribution is 0.141. The standard InChI is InChI=1S/C13H23N5O/c1-2-3-7-19-8-6-15-11-9-12(18-14)17-13(16-11)10-4-5-10/h9-10H,2-8,14H2,1H3,(H2,15,16,17,18). The molecule has 2 rings (SSSR count). The number of aromatic nitrogens is 2. The molecule has 19 heavy (non-hydrogen) atoms. The molecule has 6 nitrogen and oxygen atoms in total. The molecule has 1 fully saturated rings. The topological polar surface area (TPSA) is 85.1 Å². The van der Waals surface area contributed by atoms with Gasteiger partial charge in [-0.1, -0.05) is 13.3 Å². The van der Waals surface area contributed by atoms with Crippen LogP contribution in [-0.2, 0) is 4.74 Å². The van der Waals surface area contributed by atoms with Crippen LogP contribution in [0, 0.1) is 0 Å². The Balaban J connectivity index is 1.80. The summed E-state index contributed by atoms with van der Waals surface area (Å²) in [5.74, 6) is 8.28. The van der Waals surface area contributed by atoms with Crippen molar-refractivity contribution < 1.29 is 4.74 Å².